The number of furan rings is 1. The van der Waals surface area contributed by atoms with Gasteiger partial charge in [-0.25, -0.2) is 0 Å². The van der Waals surface area contributed by atoms with Crippen LogP contribution in [0.25, 0.3) is 85.6 Å². The summed E-state index contributed by atoms with van der Waals surface area (Å²) in [5.41, 5.74) is 12.0. The Morgan fingerprint density at radius 2 is 0.922 bits per heavy atom. The van der Waals surface area contributed by atoms with Crippen LogP contribution in [0.4, 0.5) is 17.1 Å². The van der Waals surface area contributed by atoms with Crippen LogP contribution >= 0.6 is 11.3 Å². The molecule has 0 radical (unpaired) electrons. The lowest BCUT2D eigenvalue weighted by Crippen LogP contribution is -2.28. The Labute approximate surface area is 373 Å². The molecule has 3 heteroatoms. The molecule has 13 aromatic rings. The zero-order valence-corrected chi connectivity index (χ0v) is 35.4. The summed E-state index contributed by atoms with van der Waals surface area (Å²) < 4.78 is 9.31. The van der Waals surface area contributed by atoms with Gasteiger partial charge in [-0.05, 0) is 114 Å². The van der Waals surface area contributed by atoms with Crippen molar-refractivity contribution in [2.45, 2.75) is 5.41 Å². The number of rotatable bonds is 5. The van der Waals surface area contributed by atoms with Crippen LogP contribution in [0.1, 0.15) is 22.3 Å². The zero-order valence-electron chi connectivity index (χ0n) is 34.6. The van der Waals surface area contributed by atoms with Crippen LogP contribution in [0.5, 0.6) is 0 Å². The third kappa shape index (κ3) is 4.96. The minimum absolute atomic E-state index is 0.570. The Morgan fingerprint density at radius 1 is 0.359 bits per heavy atom. The molecular weight excluding hydrogens is 795 g/mol. The highest BCUT2D eigenvalue weighted by Crippen LogP contribution is 2.59. The summed E-state index contributed by atoms with van der Waals surface area (Å²) in [5, 5.41) is 12.4. The van der Waals surface area contributed by atoms with E-state index < -0.39 is 5.41 Å². The second-order valence-corrected chi connectivity index (χ2v) is 18.2. The maximum atomic E-state index is 6.76. The third-order valence-electron chi connectivity index (χ3n) is 13.9. The molecule has 1 aliphatic carbocycles. The van der Waals surface area contributed by atoms with E-state index in [1.807, 2.05) is 11.3 Å². The van der Waals surface area contributed by atoms with Crippen molar-refractivity contribution in [1.82, 2.24) is 0 Å². The number of hydrogen-bond acceptors (Lipinski definition) is 3. The van der Waals surface area contributed by atoms with Crippen molar-refractivity contribution in [3.8, 4) is 11.1 Å². The molecular formula is C61H37NOS. The van der Waals surface area contributed by atoms with Crippen molar-refractivity contribution in [1.29, 1.82) is 0 Å². The van der Waals surface area contributed by atoms with Crippen LogP contribution in [0.15, 0.2) is 229 Å². The predicted octanol–water partition coefficient (Wildman–Crippen LogP) is 17.2. The Bertz CT molecular complexity index is 3840. The minimum Gasteiger partial charge on any atom is -0.456 e. The Kier molecular flexibility index (Phi) is 7.51. The summed E-state index contributed by atoms with van der Waals surface area (Å²) in [4.78, 5) is 2.44. The van der Waals surface area contributed by atoms with Gasteiger partial charge >= 0.3 is 0 Å². The smallest absolute Gasteiger partial charge is 0.137 e. The van der Waals surface area contributed by atoms with Gasteiger partial charge in [0, 0.05) is 54.1 Å². The molecule has 0 unspecified atom stereocenters. The van der Waals surface area contributed by atoms with Crippen molar-refractivity contribution >= 4 is 103 Å². The Hall–Kier alpha value is -7.98. The molecule has 2 aromatic heterocycles. The summed E-state index contributed by atoms with van der Waals surface area (Å²) >= 11 is 1.87. The summed E-state index contributed by atoms with van der Waals surface area (Å²) in [6, 6.07) is 82.9. The van der Waals surface area contributed by atoms with Crippen LogP contribution in [-0.2, 0) is 5.41 Å². The van der Waals surface area contributed by atoms with Gasteiger partial charge in [0.05, 0.1) is 5.41 Å². The third-order valence-corrected chi connectivity index (χ3v) is 15.0. The normalized spacial score (nSPS) is 13.1. The lowest BCUT2D eigenvalue weighted by molar-refractivity contribution is 0.669. The molecule has 0 spiro atoms. The molecule has 0 N–H and O–H groups in total. The van der Waals surface area contributed by atoms with Crippen molar-refractivity contribution < 1.29 is 4.42 Å². The monoisotopic (exact) mass is 831 g/mol. The molecule has 64 heavy (non-hydrogen) atoms. The van der Waals surface area contributed by atoms with Gasteiger partial charge in [0.25, 0.3) is 0 Å². The van der Waals surface area contributed by atoms with E-state index in [9.17, 15) is 0 Å². The average Bonchev–Trinajstić information content (AvgIpc) is 4.03. The number of benzene rings is 11. The predicted molar refractivity (Wildman–Crippen MR) is 271 cm³/mol. The summed E-state index contributed by atoms with van der Waals surface area (Å²) in [5.74, 6) is 0. The molecule has 0 saturated carbocycles. The molecule has 0 atom stereocenters. The molecule has 14 rings (SSSR count). The van der Waals surface area contributed by atoms with Gasteiger partial charge in [-0.15, -0.1) is 11.3 Å². The number of nitrogens with zero attached hydrogens (tertiary/aromatic N) is 1. The van der Waals surface area contributed by atoms with Crippen LogP contribution < -0.4 is 4.90 Å². The van der Waals surface area contributed by atoms with Gasteiger partial charge in [-0.3, -0.25) is 0 Å². The fourth-order valence-electron chi connectivity index (χ4n) is 11.2. The minimum atomic E-state index is -0.570. The van der Waals surface area contributed by atoms with Crippen molar-refractivity contribution in [2.75, 3.05) is 4.90 Å². The molecule has 0 fully saturated rings. The van der Waals surface area contributed by atoms with E-state index in [0.717, 1.165) is 39.0 Å². The number of fused-ring (bicyclic) bond motifs is 15. The lowest BCUT2D eigenvalue weighted by atomic mass is 9.67. The van der Waals surface area contributed by atoms with Crippen LogP contribution in [0.2, 0.25) is 0 Å². The quantitative estimate of drug-likeness (QED) is 0.172. The van der Waals surface area contributed by atoms with Gasteiger partial charge in [0.2, 0.25) is 0 Å². The van der Waals surface area contributed by atoms with Crippen molar-refractivity contribution in [3.63, 3.8) is 0 Å². The molecule has 0 aliphatic heterocycles. The van der Waals surface area contributed by atoms with E-state index in [4.69, 9.17) is 4.42 Å². The first-order valence-electron chi connectivity index (χ1n) is 22.0. The van der Waals surface area contributed by atoms with Crippen LogP contribution in [0.3, 0.4) is 0 Å². The summed E-state index contributed by atoms with van der Waals surface area (Å²) in [7, 11) is 0. The van der Waals surface area contributed by atoms with E-state index in [2.05, 4.69) is 229 Å². The van der Waals surface area contributed by atoms with Gasteiger partial charge < -0.3 is 9.32 Å². The second kappa shape index (κ2) is 13.5. The molecule has 0 amide bonds. The van der Waals surface area contributed by atoms with Gasteiger partial charge in [-0.1, -0.05) is 170 Å². The topological polar surface area (TPSA) is 16.4 Å². The molecule has 2 nitrogen and oxygen atoms in total. The molecule has 2 heterocycles. The first-order valence-corrected chi connectivity index (χ1v) is 22.8. The molecule has 1 aliphatic rings. The van der Waals surface area contributed by atoms with E-state index in [1.165, 1.54) is 85.9 Å². The maximum absolute atomic E-state index is 6.76. The fourth-order valence-corrected chi connectivity index (χ4v) is 12.3. The summed E-state index contributed by atoms with van der Waals surface area (Å²) in [6.45, 7) is 0. The van der Waals surface area contributed by atoms with Crippen LogP contribution in [0, 0.1) is 0 Å². The van der Waals surface area contributed by atoms with Crippen LogP contribution in [-0.4, -0.2) is 0 Å². The van der Waals surface area contributed by atoms with Gasteiger partial charge in [-0.2, -0.15) is 0 Å². The Morgan fingerprint density at radius 3 is 1.66 bits per heavy atom. The summed E-state index contributed by atoms with van der Waals surface area (Å²) in [6.07, 6.45) is 0. The Balaban J connectivity index is 1.05. The van der Waals surface area contributed by atoms with E-state index in [1.54, 1.807) is 0 Å². The number of anilines is 3. The van der Waals surface area contributed by atoms with E-state index in [0.29, 0.717) is 0 Å². The molecule has 11 aromatic carbocycles. The van der Waals surface area contributed by atoms with E-state index in [-0.39, 0.29) is 0 Å². The fraction of sp³-hybridized carbons (Fsp3) is 0.0164. The van der Waals surface area contributed by atoms with Crippen molar-refractivity contribution in [3.05, 3.63) is 247 Å². The first-order chi connectivity index (χ1) is 31.7. The van der Waals surface area contributed by atoms with Gasteiger partial charge in [0.1, 0.15) is 11.2 Å². The number of thiophene rings is 1. The highest BCUT2D eigenvalue weighted by atomic mass is 32.1. The number of hydrogen-bond donors (Lipinski definition) is 0. The lowest BCUT2D eigenvalue weighted by Gasteiger charge is -2.35. The SMILES string of the molecule is c1ccc(C2(c3ccccc3)c3cc(N(c4ccc5c(c4)oc4ccc6ccccc6c45)c4ccc5c(c4)sc4ccc6ccccc6c45)ccc3-c3c2ccc2ccccc32)cc1. The largest absolute Gasteiger partial charge is 0.456 e. The zero-order chi connectivity index (χ0) is 41.9. The second-order valence-electron chi connectivity index (χ2n) is 17.1. The highest BCUT2D eigenvalue weighted by Gasteiger charge is 2.47. The van der Waals surface area contributed by atoms with Gasteiger partial charge in [0.15, 0.2) is 0 Å². The maximum Gasteiger partial charge on any atom is 0.137 e. The van der Waals surface area contributed by atoms with E-state index >= 15 is 0 Å². The average molecular weight is 832 g/mol. The van der Waals surface area contributed by atoms with Crippen molar-refractivity contribution in [2.24, 2.45) is 0 Å². The highest BCUT2D eigenvalue weighted by molar-refractivity contribution is 7.26. The molecule has 0 saturated heterocycles. The standard InChI is InChI=1S/C61H37NOS/c1-3-16-41(17-4-1)61(42-18-5-2-6-19-42)52-32-23-38-13-7-10-20-46(38)58(52)49-29-26-43(35-53(49)61)62(44-27-30-50-55(36-44)63-54-33-24-39-14-8-11-21-47(39)59(50)54)45-28-31-51-57(37-45)64-56-34-25-40-15-9-12-22-48(40)60(51)56/h1-37H. The first kappa shape index (κ1) is 35.6. The molecule has 298 valence electrons. The molecule has 0 bridgehead atoms.